The highest BCUT2D eigenvalue weighted by Crippen LogP contribution is 2.22. The number of benzene rings is 1. The molecule has 8 heteroatoms. The summed E-state index contributed by atoms with van der Waals surface area (Å²) in [5.74, 6) is 0.933. The van der Waals surface area contributed by atoms with Gasteiger partial charge < -0.3 is 5.32 Å². The highest BCUT2D eigenvalue weighted by molar-refractivity contribution is 9.10. The average molecular weight is 439 g/mol. The maximum atomic E-state index is 12.5. The highest BCUT2D eigenvalue weighted by Gasteiger charge is 2.15. The van der Waals surface area contributed by atoms with Crippen molar-refractivity contribution >= 4 is 33.3 Å². The summed E-state index contributed by atoms with van der Waals surface area (Å²) in [6.45, 7) is 6.42. The summed E-state index contributed by atoms with van der Waals surface area (Å²) < 4.78 is 4.14. The normalized spacial score (nSPS) is 11.7. The zero-order chi connectivity index (χ0) is 19.9. The number of rotatable bonds is 3. The van der Waals surface area contributed by atoms with E-state index in [4.69, 9.17) is 0 Å². The minimum absolute atomic E-state index is 0.0464. The lowest BCUT2D eigenvalue weighted by Gasteiger charge is -2.18. The molecule has 0 atom stereocenters. The van der Waals surface area contributed by atoms with Crippen LogP contribution in [0.3, 0.4) is 0 Å². The molecule has 0 saturated heterocycles. The predicted octanol–water partition coefficient (Wildman–Crippen LogP) is 4.23. The topological polar surface area (TPSA) is 77.1 Å². The Labute approximate surface area is 170 Å². The predicted molar refractivity (Wildman–Crippen MR) is 111 cm³/mol. The molecule has 0 spiro atoms. The maximum absolute atomic E-state index is 12.5. The molecule has 4 aromatic rings. The van der Waals surface area contributed by atoms with E-state index in [-0.39, 0.29) is 11.3 Å². The minimum Gasteiger partial charge on any atom is -0.305 e. The number of anilines is 1. The van der Waals surface area contributed by atoms with Gasteiger partial charge in [-0.2, -0.15) is 0 Å². The first-order valence-electron chi connectivity index (χ1n) is 8.78. The zero-order valence-electron chi connectivity index (χ0n) is 15.7. The van der Waals surface area contributed by atoms with Crippen molar-refractivity contribution in [2.45, 2.75) is 26.2 Å². The molecular weight excluding hydrogens is 420 g/mol. The Bertz CT molecular complexity index is 1150. The number of hydrogen-bond donors (Lipinski definition) is 1. The van der Waals surface area contributed by atoms with Gasteiger partial charge >= 0.3 is 0 Å². The number of carbonyl (C=O) groups excluding carboxylic acids is 1. The van der Waals surface area contributed by atoms with E-state index in [0.717, 1.165) is 4.60 Å². The van der Waals surface area contributed by atoms with Crippen molar-refractivity contribution in [2.24, 2.45) is 0 Å². The van der Waals surface area contributed by atoms with Crippen molar-refractivity contribution < 1.29 is 4.79 Å². The van der Waals surface area contributed by atoms with Crippen molar-refractivity contribution in [1.82, 2.24) is 24.1 Å². The number of imidazole rings is 2. The molecule has 0 bridgehead atoms. The Balaban J connectivity index is 1.55. The van der Waals surface area contributed by atoms with Crippen LogP contribution in [0.25, 0.3) is 11.5 Å². The minimum atomic E-state index is -0.206. The van der Waals surface area contributed by atoms with Gasteiger partial charge in [0.05, 0.1) is 6.20 Å². The Morgan fingerprint density at radius 3 is 2.46 bits per heavy atom. The molecule has 0 radical (unpaired) electrons. The van der Waals surface area contributed by atoms with Crippen LogP contribution in [0, 0.1) is 0 Å². The molecule has 1 N–H and O–H groups in total. The summed E-state index contributed by atoms with van der Waals surface area (Å²) in [6.07, 6.45) is 5.17. The lowest BCUT2D eigenvalue weighted by Crippen LogP contribution is -2.14. The van der Waals surface area contributed by atoms with E-state index >= 15 is 0 Å². The average Bonchev–Trinajstić information content (AvgIpc) is 3.26. The van der Waals surface area contributed by atoms with Crippen molar-refractivity contribution in [1.29, 1.82) is 0 Å². The number of carbonyl (C=O) groups is 1. The summed E-state index contributed by atoms with van der Waals surface area (Å²) in [4.78, 5) is 21.1. The van der Waals surface area contributed by atoms with E-state index < -0.39 is 0 Å². The van der Waals surface area contributed by atoms with E-state index in [1.807, 2.05) is 42.6 Å². The van der Waals surface area contributed by atoms with E-state index in [2.05, 4.69) is 57.1 Å². The van der Waals surface area contributed by atoms with Gasteiger partial charge in [0.15, 0.2) is 17.3 Å². The maximum Gasteiger partial charge on any atom is 0.256 e. The molecule has 0 unspecified atom stereocenters. The smallest absolute Gasteiger partial charge is 0.256 e. The second kappa shape index (κ2) is 6.87. The van der Waals surface area contributed by atoms with Crippen LogP contribution in [0.5, 0.6) is 0 Å². The Morgan fingerprint density at radius 2 is 1.82 bits per heavy atom. The van der Waals surface area contributed by atoms with Crippen molar-refractivity contribution in [2.75, 3.05) is 5.32 Å². The third kappa shape index (κ3) is 3.68. The molecule has 4 rings (SSSR count). The number of amides is 1. The molecule has 28 heavy (non-hydrogen) atoms. The third-order valence-electron chi connectivity index (χ3n) is 4.38. The molecule has 142 valence electrons. The molecule has 0 aliphatic rings. The Hall–Kier alpha value is -3.00. The number of hydrogen-bond acceptors (Lipinski definition) is 4. The molecule has 0 saturated carbocycles. The van der Waals surface area contributed by atoms with Gasteiger partial charge in [0.25, 0.3) is 5.91 Å². The van der Waals surface area contributed by atoms with Crippen LogP contribution in [0.15, 0.2) is 59.7 Å². The van der Waals surface area contributed by atoms with Gasteiger partial charge in [0.2, 0.25) is 0 Å². The van der Waals surface area contributed by atoms with E-state index in [0.29, 0.717) is 22.8 Å². The van der Waals surface area contributed by atoms with Gasteiger partial charge in [0, 0.05) is 11.8 Å². The molecule has 1 aromatic carbocycles. The Kier molecular flexibility index (Phi) is 4.50. The summed E-state index contributed by atoms with van der Waals surface area (Å²) in [5, 5.41) is 7.33. The first-order chi connectivity index (χ1) is 13.3. The van der Waals surface area contributed by atoms with Crippen LogP contribution in [0.4, 0.5) is 5.82 Å². The van der Waals surface area contributed by atoms with Gasteiger partial charge in [-0.15, -0.1) is 5.10 Å². The SMILES string of the molecule is CC(C)(C)c1ccc(C(=O)Nc2cn3nc(-n4cnc(Br)c4)ccc3n2)cc1. The van der Waals surface area contributed by atoms with Gasteiger partial charge in [0.1, 0.15) is 10.9 Å². The lowest BCUT2D eigenvalue weighted by atomic mass is 9.87. The first-order valence-corrected chi connectivity index (χ1v) is 9.57. The lowest BCUT2D eigenvalue weighted by molar-refractivity contribution is 0.102. The van der Waals surface area contributed by atoms with Crippen molar-refractivity contribution in [3.05, 3.63) is 70.8 Å². The second-order valence-electron chi connectivity index (χ2n) is 7.51. The fraction of sp³-hybridized carbons (Fsp3) is 0.200. The van der Waals surface area contributed by atoms with Crippen molar-refractivity contribution in [3.63, 3.8) is 0 Å². The van der Waals surface area contributed by atoms with Crippen LogP contribution in [-0.2, 0) is 5.41 Å². The number of nitrogens with one attached hydrogen (secondary N) is 1. The summed E-state index contributed by atoms with van der Waals surface area (Å²) in [7, 11) is 0. The van der Waals surface area contributed by atoms with E-state index in [9.17, 15) is 4.79 Å². The van der Waals surface area contributed by atoms with Crippen LogP contribution < -0.4 is 5.32 Å². The standard InChI is InChI=1S/C20H19BrN6O/c1-20(2,3)14-6-4-13(5-7-14)19(28)24-16-11-27-17(23-16)8-9-18(25-27)26-10-15(21)22-12-26/h4-12H,1-3H3,(H,24,28). The Morgan fingerprint density at radius 1 is 1.07 bits per heavy atom. The molecule has 3 aromatic heterocycles. The van der Waals surface area contributed by atoms with Gasteiger partial charge in [-0.1, -0.05) is 32.9 Å². The summed E-state index contributed by atoms with van der Waals surface area (Å²) in [6, 6.07) is 11.3. The monoisotopic (exact) mass is 438 g/mol. The third-order valence-corrected chi connectivity index (χ3v) is 4.79. The number of aromatic nitrogens is 5. The fourth-order valence-corrected chi connectivity index (χ4v) is 3.12. The van der Waals surface area contributed by atoms with Gasteiger partial charge in [-0.3, -0.25) is 9.36 Å². The molecule has 0 aliphatic carbocycles. The molecule has 0 aliphatic heterocycles. The summed E-state index contributed by atoms with van der Waals surface area (Å²) in [5.41, 5.74) is 2.45. The highest BCUT2D eigenvalue weighted by atomic mass is 79.9. The first kappa shape index (κ1) is 18.4. The number of fused-ring (bicyclic) bond motifs is 1. The van der Waals surface area contributed by atoms with E-state index in [1.165, 1.54) is 5.56 Å². The molecular formula is C20H19BrN6O. The van der Waals surface area contributed by atoms with Gasteiger partial charge in [-0.25, -0.2) is 14.5 Å². The van der Waals surface area contributed by atoms with Crippen molar-refractivity contribution in [3.8, 4) is 5.82 Å². The number of halogens is 1. The van der Waals surface area contributed by atoms with Crippen LogP contribution in [-0.4, -0.2) is 30.1 Å². The molecule has 0 fully saturated rings. The fourth-order valence-electron chi connectivity index (χ4n) is 2.80. The quantitative estimate of drug-likeness (QED) is 0.519. The van der Waals surface area contributed by atoms with E-state index in [1.54, 1.807) is 21.6 Å². The van der Waals surface area contributed by atoms with Crippen LogP contribution >= 0.6 is 15.9 Å². The van der Waals surface area contributed by atoms with Crippen LogP contribution in [0.2, 0.25) is 0 Å². The van der Waals surface area contributed by atoms with Gasteiger partial charge in [-0.05, 0) is 51.2 Å². The molecule has 7 nitrogen and oxygen atoms in total. The number of nitrogens with zero attached hydrogens (tertiary/aromatic N) is 5. The largest absolute Gasteiger partial charge is 0.305 e. The second-order valence-corrected chi connectivity index (χ2v) is 8.32. The zero-order valence-corrected chi connectivity index (χ0v) is 17.3. The summed E-state index contributed by atoms with van der Waals surface area (Å²) >= 11 is 3.32. The molecule has 1 amide bonds. The van der Waals surface area contributed by atoms with Crippen LogP contribution in [0.1, 0.15) is 36.7 Å². The molecule has 3 heterocycles.